The molecule has 98 valence electrons. The molecule has 0 spiro atoms. The second-order valence-electron chi connectivity index (χ2n) is 4.31. The summed E-state index contributed by atoms with van der Waals surface area (Å²) in [5, 5.41) is 7.93. The maximum absolute atomic E-state index is 10.7. The molecule has 16 heavy (non-hydrogen) atoms. The first kappa shape index (κ1) is 15.9. The van der Waals surface area contributed by atoms with Crippen LogP contribution in [0, 0.1) is 0 Å². The van der Waals surface area contributed by atoms with Gasteiger partial charge >= 0.3 is 0 Å². The minimum Gasteiger partial charge on any atom is -0.396 e. The van der Waals surface area contributed by atoms with Gasteiger partial charge in [0.05, 0.1) is 5.25 Å². The van der Waals surface area contributed by atoms with Crippen molar-refractivity contribution < 1.29 is 18.1 Å². The number of rotatable bonds is 10. The van der Waals surface area contributed by atoms with E-state index in [-0.39, 0.29) is 6.61 Å². The fraction of sp³-hybridized carbons (Fsp3) is 1.00. The molecule has 0 saturated carbocycles. The molecule has 0 amide bonds. The van der Waals surface area contributed by atoms with Gasteiger partial charge in [0.2, 0.25) is 0 Å². The highest BCUT2D eigenvalue weighted by atomic mass is 32.2. The lowest BCUT2D eigenvalue weighted by molar-refractivity contribution is 0.282. The van der Waals surface area contributed by atoms with E-state index in [9.17, 15) is 8.42 Å². The summed E-state index contributed by atoms with van der Waals surface area (Å²) in [5.41, 5.74) is 0. The van der Waals surface area contributed by atoms with E-state index in [1.165, 1.54) is 6.92 Å². The van der Waals surface area contributed by atoms with Crippen LogP contribution in [0.4, 0.5) is 0 Å². The molecular formula is C11H24O4S. The molecular weight excluding hydrogens is 228 g/mol. The highest BCUT2D eigenvalue weighted by Crippen LogP contribution is 2.12. The van der Waals surface area contributed by atoms with Gasteiger partial charge in [-0.25, -0.2) is 0 Å². The summed E-state index contributed by atoms with van der Waals surface area (Å²) in [7, 11) is -3.84. The summed E-state index contributed by atoms with van der Waals surface area (Å²) in [6, 6.07) is 0. The summed E-state index contributed by atoms with van der Waals surface area (Å²) >= 11 is 0. The molecule has 5 heteroatoms. The van der Waals surface area contributed by atoms with Crippen molar-refractivity contribution in [2.24, 2.45) is 0 Å². The quantitative estimate of drug-likeness (QED) is 0.462. The van der Waals surface area contributed by atoms with Gasteiger partial charge in [-0.1, -0.05) is 38.5 Å². The molecule has 0 aliphatic carbocycles. The summed E-state index contributed by atoms with van der Waals surface area (Å²) in [6.45, 7) is 1.81. The summed E-state index contributed by atoms with van der Waals surface area (Å²) in [5.74, 6) is 0. The van der Waals surface area contributed by atoms with Crippen LogP contribution < -0.4 is 0 Å². The van der Waals surface area contributed by atoms with Crippen LogP contribution in [0.5, 0.6) is 0 Å². The van der Waals surface area contributed by atoms with Crippen molar-refractivity contribution in [3.63, 3.8) is 0 Å². The lowest BCUT2D eigenvalue weighted by Gasteiger charge is -2.07. The van der Waals surface area contributed by atoms with Crippen LogP contribution in [-0.4, -0.2) is 29.9 Å². The first-order valence-electron chi connectivity index (χ1n) is 6.05. The van der Waals surface area contributed by atoms with Gasteiger partial charge in [0.25, 0.3) is 10.1 Å². The van der Waals surface area contributed by atoms with Crippen molar-refractivity contribution in [1.29, 1.82) is 0 Å². The molecule has 0 fully saturated rings. The van der Waals surface area contributed by atoms with Crippen LogP contribution in [0.15, 0.2) is 0 Å². The number of hydrogen-bond acceptors (Lipinski definition) is 3. The van der Waals surface area contributed by atoms with Gasteiger partial charge in [0.1, 0.15) is 0 Å². The van der Waals surface area contributed by atoms with E-state index in [1.54, 1.807) is 0 Å². The highest BCUT2D eigenvalue weighted by Gasteiger charge is 2.15. The Bertz CT molecular complexity index is 249. The van der Waals surface area contributed by atoms with Crippen molar-refractivity contribution >= 4 is 10.1 Å². The normalized spacial score (nSPS) is 13.9. The first-order valence-corrected chi connectivity index (χ1v) is 7.56. The van der Waals surface area contributed by atoms with Crippen molar-refractivity contribution in [2.75, 3.05) is 6.61 Å². The van der Waals surface area contributed by atoms with Crippen LogP contribution in [0.3, 0.4) is 0 Å². The predicted molar refractivity (Wildman–Crippen MR) is 65.0 cm³/mol. The second kappa shape index (κ2) is 8.96. The predicted octanol–water partition coefficient (Wildman–Crippen LogP) is 2.38. The highest BCUT2D eigenvalue weighted by molar-refractivity contribution is 7.86. The van der Waals surface area contributed by atoms with Crippen LogP contribution in [0.1, 0.15) is 58.3 Å². The number of hydrogen-bond donors (Lipinski definition) is 2. The van der Waals surface area contributed by atoms with E-state index in [4.69, 9.17) is 9.66 Å². The molecule has 0 aromatic heterocycles. The SMILES string of the molecule is CC(CCCCCCCCCO)S(=O)(=O)O. The molecule has 0 saturated heterocycles. The molecule has 1 unspecified atom stereocenters. The lowest BCUT2D eigenvalue weighted by Crippen LogP contribution is -2.16. The van der Waals surface area contributed by atoms with Crippen LogP contribution in [0.25, 0.3) is 0 Å². The molecule has 0 aliphatic heterocycles. The van der Waals surface area contributed by atoms with E-state index in [2.05, 4.69) is 0 Å². The van der Waals surface area contributed by atoms with E-state index >= 15 is 0 Å². The molecule has 0 rings (SSSR count). The van der Waals surface area contributed by atoms with Gasteiger partial charge in [-0.05, 0) is 19.8 Å². The van der Waals surface area contributed by atoms with Gasteiger partial charge in [-0.15, -0.1) is 0 Å². The monoisotopic (exact) mass is 252 g/mol. The minimum absolute atomic E-state index is 0.270. The Morgan fingerprint density at radius 2 is 1.38 bits per heavy atom. The Balaban J connectivity index is 3.28. The van der Waals surface area contributed by atoms with Crippen LogP contribution in [0.2, 0.25) is 0 Å². The Hall–Kier alpha value is -0.130. The van der Waals surface area contributed by atoms with E-state index in [0.717, 1.165) is 44.9 Å². The molecule has 2 N–H and O–H groups in total. The topological polar surface area (TPSA) is 74.6 Å². The molecule has 4 nitrogen and oxygen atoms in total. The van der Waals surface area contributed by atoms with Gasteiger partial charge in [0, 0.05) is 6.61 Å². The van der Waals surface area contributed by atoms with Crippen LogP contribution in [-0.2, 0) is 10.1 Å². The standard InChI is InChI=1S/C11H24O4S/c1-11(16(13,14)15)9-7-5-3-2-4-6-8-10-12/h11-12H,2-10H2,1H3,(H,13,14,15). The zero-order valence-electron chi connectivity index (χ0n) is 10.1. The van der Waals surface area contributed by atoms with Crippen molar-refractivity contribution in [3.8, 4) is 0 Å². The van der Waals surface area contributed by atoms with Crippen molar-refractivity contribution in [3.05, 3.63) is 0 Å². The first-order chi connectivity index (χ1) is 7.48. The fourth-order valence-corrected chi connectivity index (χ4v) is 2.04. The molecule has 0 heterocycles. The molecule has 1 atom stereocenters. The largest absolute Gasteiger partial charge is 0.396 e. The fourth-order valence-electron chi connectivity index (χ4n) is 1.58. The second-order valence-corrected chi connectivity index (χ2v) is 6.15. The summed E-state index contributed by atoms with van der Waals surface area (Å²) in [6.07, 6.45) is 7.71. The number of aliphatic hydroxyl groups is 1. The number of unbranched alkanes of at least 4 members (excludes halogenated alkanes) is 6. The van der Waals surface area contributed by atoms with Crippen molar-refractivity contribution in [1.82, 2.24) is 0 Å². The maximum Gasteiger partial charge on any atom is 0.267 e. The van der Waals surface area contributed by atoms with Gasteiger partial charge in [-0.3, -0.25) is 4.55 Å². The van der Waals surface area contributed by atoms with Crippen LogP contribution >= 0.6 is 0 Å². The van der Waals surface area contributed by atoms with E-state index in [0.29, 0.717) is 6.42 Å². The average Bonchev–Trinajstić information content (AvgIpc) is 2.20. The zero-order valence-corrected chi connectivity index (χ0v) is 10.9. The summed E-state index contributed by atoms with van der Waals surface area (Å²) < 4.78 is 30.1. The molecule has 0 aromatic carbocycles. The average molecular weight is 252 g/mol. The molecule has 0 bridgehead atoms. The third-order valence-electron chi connectivity index (χ3n) is 2.78. The Kier molecular flexibility index (Phi) is 8.89. The lowest BCUT2D eigenvalue weighted by atomic mass is 10.1. The smallest absolute Gasteiger partial charge is 0.267 e. The Morgan fingerprint density at radius 1 is 0.938 bits per heavy atom. The van der Waals surface area contributed by atoms with Gasteiger partial charge in [-0.2, -0.15) is 8.42 Å². The minimum atomic E-state index is -3.84. The maximum atomic E-state index is 10.7. The van der Waals surface area contributed by atoms with E-state index < -0.39 is 15.4 Å². The van der Waals surface area contributed by atoms with Gasteiger partial charge in [0.15, 0.2) is 0 Å². The third kappa shape index (κ3) is 9.12. The zero-order chi connectivity index (χ0) is 12.4. The molecule has 0 aromatic rings. The number of aliphatic hydroxyl groups excluding tert-OH is 1. The molecule has 0 aliphatic rings. The van der Waals surface area contributed by atoms with Crippen molar-refractivity contribution in [2.45, 2.75) is 63.5 Å². The summed E-state index contributed by atoms with van der Waals surface area (Å²) in [4.78, 5) is 0. The Morgan fingerprint density at radius 3 is 1.81 bits per heavy atom. The molecule has 0 radical (unpaired) electrons. The Labute approximate surface area is 98.8 Å². The van der Waals surface area contributed by atoms with E-state index in [1.807, 2.05) is 0 Å². The third-order valence-corrected chi connectivity index (χ3v) is 4.03. The van der Waals surface area contributed by atoms with Gasteiger partial charge < -0.3 is 5.11 Å².